The van der Waals surface area contributed by atoms with E-state index < -0.39 is 5.69 Å². The molecule has 1 aromatic rings. The second-order valence-electron chi connectivity index (χ2n) is 3.85. The molecule has 0 saturated carbocycles. The van der Waals surface area contributed by atoms with E-state index in [0.29, 0.717) is 13.1 Å². The number of hydrogen-bond acceptors (Lipinski definition) is 3. The Labute approximate surface area is 105 Å². The summed E-state index contributed by atoms with van der Waals surface area (Å²) in [4.78, 5) is 27.7. The first-order valence-electron chi connectivity index (χ1n) is 5.80. The minimum Gasteiger partial charge on any atom is -0.302 e. The molecule has 0 radical (unpaired) electrons. The van der Waals surface area contributed by atoms with Crippen molar-refractivity contribution in [1.82, 2.24) is 14.5 Å². The Hall–Kier alpha value is -1.07. The average molecular weight is 260 g/mol. The van der Waals surface area contributed by atoms with E-state index in [9.17, 15) is 9.59 Å². The molecule has 96 valence electrons. The normalized spacial score (nSPS) is 11.1. The third-order valence-electron chi connectivity index (χ3n) is 2.61. The minimum atomic E-state index is -0.449. The maximum atomic E-state index is 11.6. The van der Waals surface area contributed by atoms with Gasteiger partial charge in [-0.1, -0.05) is 25.4 Å². The highest BCUT2D eigenvalue weighted by Crippen LogP contribution is 1.95. The molecule has 1 aromatic heterocycles. The zero-order valence-corrected chi connectivity index (χ0v) is 11.0. The Morgan fingerprint density at radius 1 is 1.35 bits per heavy atom. The van der Waals surface area contributed by atoms with Gasteiger partial charge in [0.1, 0.15) is 5.15 Å². The predicted octanol–water partition coefficient (Wildman–Crippen LogP) is 0.922. The topological polar surface area (TPSA) is 58.1 Å². The van der Waals surface area contributed by atoms with Crippen LogP contribution in [0.4, 0.5) is 0 Å². The van der Waals surface area contributed by atoms with Gasteiger partial charge >= 0.3 is 5.69 Å². The van der Waals surface area contributed by atoms with E-state index >= 15 is 0 Å². The zero-order chi connectivity index (χ0) is 12.8. The molecule has 0 aliphatic rings. The number of hydrogen-bond donors (Lipinski definition) is 1. The Bertz CT molecular complexity index is 435. The van der Waals surface area contributed by atoms with Crippen molar-refractivity contribution in [1.29, 1.82) is 0 Å². The molecule has 17 heavy (non-hydrogen) atoms. The van der Waals surface area contributed by atoms with Crippen molar-refractivity contribution in [3.05, 3.63) is 32.1 Å². The largest absolute Gasteiger partial charge is 0.329 e. The van der Waals surface area contributed by atoms with Crippen LogP contribution in [0.5, 0.6) is 0 Å². The molecule has 5 nitrogen and oxygen atoms in total. The maximum Gasteiger partial charge on any atom is 0.329 e. The van der Waals surface area contributed by atoms with Gasteiger partial charge in [-0.3, -0.25) is 14.3 Å². The fourth-order valence-electron chi connectivity index (χ4n) is 1.69. The number of H-pyrrole nitrogens is 1. The SMILES string of the molecule is CCCN(CC)CCn1c(=O)cc(Cl)[nH]c1=O. The molecular formula is C11H18ClN3O2. The Morgan fingerprint density at radius 2 is 2.06 bits per heavy atom. The van der Waals surface area contributed by atoms with Crippen LogP contribution in [0.2, 0.25) is 5.15 Å². The number of likely N-dealkylation sites (N-methyl/N-ethyl adjacent to an activating group) is 1. The molecule has 0 aliphatic carbocycles. The third-order valence-corrected chi connectivity index (χ3v) is 2.82. The van der Waals surface area contributed by atoms with Crippen molar-refractivity contribution in [2.24, 2.45) is 0 Å². The highest BCUT2D eigenvalue weighted by atomic mass is 35.5. The fourth-order valence-corrected chi connectivity index (χ4v) is 1.86. The minimum absolute atomic E-state index is 0.0807. The van der Waals surface area contributed by atoms with Gasteiger partial charge in [0.25, 0.3) is 5.56 Å². The molecule has 1 N–H and O–H groups in total. The highest BCUT2D eigenvalue weighted by Gasteiger charge is 2.05. The van der Waals surface area contributed by atoms with E-state index in [-0.39, 0.29) is 10.7 Å². The van der Waals surface area contributed by atoms with Crippen molar-refractivity contribution >= 4 is 11.6 Å². The second-order valence-corrected chi connectivity index (χ2v) is 4.25. The molecule has 6 heteroatoms. The van der Waals surface area contributed by atoms with Gasteiger partial charge < -0.3 is 4.90 Å². The van der Waals surface area contributed by atoms with Gasteiger partial charge in [0, 0.05) is 19.2 Å². The first-order chi connectivity index (χ1) is 8.08. The molecule has 1 rings (SSSR count). The lowest BCUT2D eigenvalue weighted by Gasteiger charge is -2.19. The van der Waals surface area contributed by atoms with E-state index in [2.05, 4.69) is 23.7 Å². The highest BCUT2D eigenvalue weighted by molar-refractivity contribution is 6.29. The van der Waals surface area contributed by atoms with Crippen LogP contribution in [0.25, 0.3) is 0 Å². The zero-order valence-electron chi connectivity index (χ0n) is 10.2. The predicted molar refractivity (Wildman–Crippen MR) is 68.7 cm³/mol. The first-order valence-corrected chi connectivity index (χ1v) is 6.18. The van der Waals surface area contributed by atoms with Crippen LogP contribution in [-0.4, -0.2) is 34.1 Å². The summed E-state index contributed by atoms with van der Waals surface area (Å²) in [5, 5.41) is 0.0807. The lowest BCUT2D eigenvalue weighted by molar-refractivity contribution is 0.273. The average Bonchev–Trinajstić information content (AvgIpc) is 2.26. The molecule has 0 aromatic carbocycles. The molecule has 0 bridgehead atoms. The summed E-state index contributed by atoms with van der Waals surface area (Å²) in [6.07, 6.45) is 1.06. The van der Waals surface area contributed by atoms with E-state index in [0.717, 1.165) is 19.5 Å². The van der Waals surface area contributed by atoms with E-state index in [1.54, 1.807) is 0 Å². The Morgan fingerprint density at radius 3 is 2.59 bits per heavy atom. The number of aromatic amines is 1. The smallest absolute Gasteiger partial charge is 0.302 e. The van der Waals surface area contributed by atoms with Crippen LogP contribution in [-0.2, 0) is 6.54 Å². The van der Waals surface area contributed by atoms with Crippen LogP contribution in [0, 0.1) is 0 Å². The summed E-state index contributed by atoms with van der Waals surface area (Å²) in [6, 6.07) is 1.22. The second kappa shape index (κ2) is 6.61. The summed E-state index contributed by atoms with van der Waals surface area (Å²) >= 11 is 5.58. The third kappa shape index (κ3) is 4.02. The van der Waals surface area contributed by atoms with Crippen LogP contribution < -0.4 is 11.2 Å². The number of nitrogens with zero attached hydrogens (tertiary/aromatic N) is 2. The van der Waals surface area contributed by atoms with Crippen molar-refractivity contribution in [3.63, 3.8) is 0 Å². The Kier molecular flexibility index (Phi) is 5.44. The monoisotopic (exact) mass is 259 g/mol. The molecule has 0 fully saturated rings. The standard InChI is InChI=1S/C11H18ClN3O2/c1-3-5-14(4-2)6-7-15-10(16)8-9(12)13-11(15)17/h8H,3-7H2,1-2H3,(H,13,17). The Balaban J connectivity index is 2.76. The molecule has 0 spiro atoms. The first kappa shape index (κ1) is 14.0. The number of halogens is 1. The van der Waals surface area contributed by atoms with Crippen molar-refractivity contribution in [2.75, 3.05) is 19.6 Å². The van der Waals surface area contributed by atoms with E-state index in [1.165, 1.54) is 10.6 Å². The molecule has 0 atom stereocenters. The number of aromatic nitrogens is 2. The molecule has 1 heterocycles. The lowest BCUT2D eigenvalue weighted by atomic mass is 10.4. The molecule has 0 unspecified atom stereocenters. The van der Waals surface area contributed by atoms with Gasteiger partial charge in [0.15, 0.2) is 0 Å². The van der Waals surface area contributed by atoms with Crippen LogP contribution >= 0.6 is 11.6 Å². The summed E-state index contributed by atoms with van der Waals surface area (Å²) < 4.78 is 1.17. The molecule has 0 amide bonds. The van der Waals surface area contributed by atoms with Crippen LogP contribution in [0.1, 0.15) is 20.3 Å². The molecule has 0 saturated heterocycles. The van der Waals surface area contributed by atoms with Crippen LogP contribution in [0.3, 0.4) is 0 Å². The molecular weight excluding hydrogens is 242 g/mol. The summed E-state index contributed by atoms with van der Waals surface area (Å²) in [6.45, 7) is 7.12. The number of nitrogens with one attached hydrogen (secondary N) is 1. The maximum absolute atomic E-state index is 11.6. The summed E-state index contributed by atoms with van der Waals surface area (Å²) in [5.41, 5.74) is -0.804. The number of rotatable bonds is 6. The quantitative estimate of drug-likeness (QED) is 0.773. The summed E-state index contributed by atoms with van der Waals surface area (Å²) in [7, 11) is 0. The van der Waals surface area contributed by atoms with Gasteiger partial charge in [-0.25, -0.2) is 4.79 Å². The van der Waals surface area contributed by atoms with Crippen molar-refractivity contribution in [2.45, 2.75) is 26.8 Å². The van der Waals surface area contributed by atoms with Crippen LogP contribution in [0.15, 0.2) is 15.7 Å². The van der Waals surface area contributed by atoms with Gasteiger partial charge in [-0.05, 0) is 19.5 Å². The van der Waals surface area contributed by atoms with Crippen molar-refractivity contribution in [3.8, 4) is 0 Å². The molecule has 0 aliphatic heterocycles. The van der Waals surface area contributed by atoms with Gasteiger partial charge in [0.2, 0.25) is 0 Å². The van der Waals surface area contributed by atoms with E-state index in [1.807, 2.05) is 0 Å². The summed E-state index contributed by atoms with van der Waals surface area (Å²) in [5.74, 6) is 0. The van der Waals surface area contributed by atoms with E-state index in [4.69, 9.17) is 11.6 Å². The lowest BCUT2D eigenvalue weighted by Crippen LogP contribution is -2.39. The van der Waals surface area contributed by atoms with Crippen molar-refractivity contribution < 1.29 is 0 Å². The van der Waals surface area contributed by atoms with Gasteiger partial charge in [-0.2, -0.15) is 0 Å². The van der Waals surface area contributed by atoms with Gasteiger partial charge in [0.05, 0.1) is 0 Å². The fraction of sp³-hybridized carbons (Fsp3) is 0.636. The van der Waals surface area contributed by atoms with Gasteiger partial charge in [-0.15, -0.1) is 0 Å².